The molecule has 2 nitrogen and oxygen atoms in total. The van der Waals surface area contributed by atoms with Gasteiger partial charge >= 0.3 is 0 Å². The van der Waals surface area contributed by atoms with E-state index in [4.69, 9.17) is 16.3 Å². The maximum atomic E-state index is 5.83. The summed E-state index contributed by atoms with van der Waals surface area (Å²) in [6.07, 6.45) is 5.55. The molecule has 0 bridgehead atoms. The second-order valence-corrected chi connectivity index (χ2v) is 5.15. The largest absolute Gasteiger partial charge is 0.488 e. The van der Waals surface area contributed by atoms with Crippen molar-refractivity contribution in [1.29, 1.82) is 0 Å². The highest BCUT2D eigenvalue weighted by molar-refractivity contribution is 6.30. The molecule has 1 saturated heterocycles. The summed E-state index contributed by atoms with van der Waals surface area (Å²) in [7, 11) is 0. The Morgan fingerprint density at radius 3 is 2.29 bits per heavy atom. The van der Waals surface area contributed by atoms with Crippen molar-refractivity contribution in [1.82, 2.24) is 0 Å². The normalized spacial score (nSPS) is 17.7. The Bertz CT molecular complexity index is 317. The standard InChI is InChI=1S/C14H20ClNO/c15-13-5-7-14(8-6-13)17-12-11-16-9-3-1-2-4-10-16/h5-8H,1-4,9-12H2/p+1. The molecule has 1 aromatic rings. The van der Waals surface area contributed by atoms with E-state index in [9.17, 15) is 0 Å². The minimum atomic E-state index is 0.760. The van der Waals surface area contributed by atoms with Crippen molar-refractivity contribution in [3.05, 3.63) is 29.3 Å². The first-order valence-corrected chi connectivity index (χ1v) is 6.94. The van der Waals surface area contributed by atoms with Crippen LogP contribution in [0.4, 0.5) is 0 Å². The third-order valence-electron chi connectivity index (χ3n) is 3.35. The summed E-state index contributed by atoms with van der Waals surface area (Å²) in [6.45, 7) is 4.54. The predicted octanol–water partition coefficient (Wildman–Crippen LogP) is 2.18. The van der Waals surface area contributed by atoms with Crippen molar-refractivity contribution in [3.8, 4) is 5.75 Å². The summed E-state index contributed by atoms with van der Waals surface area (Å²) in [5, 5.41) is 0.760. The minimum absolute atomic E-state index is 0.760. The van der Waals surface area contributed by atoms with Crippen molar-refractivity contribution >= 4 is 11.6 Å². The Morgan fingerprint density at radius 1 is 1.00 bits per heavy atom. The van der Waals surface area contributed by atoms with Gasteiger partial charge in [0.05, 0.1) is 13.1 Å². The van der Waals surface area contributed by atoms with Gasteiger partial charge in [0.25, 0.3) is 0 Å². The highest BCUT2D eigenvalue weighted by atomic mass is 35.5. The third kappa shape index (κ3) is 4.57. The SMILES string of the molecule is Clc1ccc(OCC[NH+]2CCCCCC2)cc1. The lowest BCUT2D eigenvalue weighted by Gasteiger charge is -2.17. The summed E-state index contributed by atoms with van der Waals surface area (Å²) in [5.74, 6) is 0.920. The molecule has 3 heteroatoms. The van der Waals surface area contributed by atoms with Crippen molar-refractivity contribution in [2.75, 3.05) is 26.2 Å². The molecule has 1 aromatic carbocycles. The Kier molecular flexibility index (Phi) is 5.14. The van der Waals surface area contributed by atoms with E-state index in [0.717, 1.165) is 23.9 Å². The zero-order chi connectivity index (χ0) is 11.9. The smallest absolute Gasteiger partial charge is 0.137 e. The fourth-order valence-electron chi connectivity index (χ4n) is 2.32. The number of rotatable bonds is 4. The van der Waals surface area contributed by atoms with Gasteiger partial charge in [-0.3, -0.25) is 0 Å². The van der Waals surface area contributed by atoms with Gasteiger partial charge in [0.15, 0.2) is 0 Å². The van der Waals surface area contributed by atoms with E-state index in [-0.39, 0.29) is 0 Å². The predicted molar refractivity (Wildman–Crippen MR) is 71.0 cm³/mol. The maximum Gasteiger partial charge on any atom is 0.137 e. The summed E-state index contributed by atoms with van der Waals surface area (Å²) in [5.41, 5.74) is 0. The molecule has 1 aliphatic rings. The second kappa shape index (κ2) is 6.87. The number of likely N-dealkylation sites (tertiary alicyclic amines) is 1. The first kappa shape index (κ1) is 12.7. The van der Waals surface area contributed by atoms with Gasteiger partial charge in [-0.15, -0.1) is 0 Å². The quantitative estimate of drug-likeness (QED) is 0.870. The molecule has 0 amide bonds. The number of quaternary nitrogens is 1. The van der Waals surface area contributed by atoms with Crippen LogP contribution < -0.4 is 9.64 Å². The van der Waals surface area contributed by atoms with Gasteiger partial charge in [-0.25, -0.2) is 0 Å². The van der Waals surface area contributed by atoms with Crippen LogP contribution in [-0.2, 0) is 0 Å². The topological polar surface area (TPSA) is 13.7 Å². The molecule has 1 heterocycles. The fourth-order valence-corrected chi connectivity index (χ4v) is 2.45. The lowest BCUT2D eigenvalue weighted by molar-refractivity contribution is -0.899. The van der Waals surface area contributed by atoms with E-state index in [2.05, 4.69) is 0 Å². The van der Waals surface area contributed by atoms with Crippen molar-refractivity contribution in [2.24, 2.45) is 0 Å². The second-order valence-electron chi connectivity index (χ2n) is 4.72. The van der Waals surface area contributed by atoms with Crippen LogP contribution in [0.2, 0.25) is 5.02 Å². The molecule has 0 aliphatic carbocycles. The molecule has 0 unspecified atom stereocenters. The van der Waals surface area contributed by atoms with Crippen LogP contribution in [-0.4, -0.2) is 26.2 Å². The van der Waals surface area contributed by atoms with E-state index < -0.39 is 0 Å². The van der Waals surface area contributed by atoms with Crippen LogP contribution in [0.25, 0.3) is 0 Å². The van der Waals surface area contributed by atoms with Gasteiger partial charge in [-0.1, -0.05) is 11.6 Å². The van der Waals surface area contributed by atoms with E-state index in [1.54, 1.807) is 4.90 Å². The van der Waals surface area contributed by atoms with Crippen LogP contribution in [0.1, 0.15) is 25.7 Å². The third-order valence-corrected chi connectivity index (χ3v) is 3.60. The Balaban J connectivity index is 1.69. The average molecular weight is 255 g/mol. The monoisotopic (exact) mass is 254 g/mol. The highest BCUT2D eigenvalue weighted by Crippen LogP contribution is 2.14. The Hall–Kier alpha value is -0.730. The lowest BCUT2D eigenvalue weighted by Crippen LogP contribution is -3.12. The van der Waals surface area contributed by atoms with E-state index in [1.165, 1.54) is 38.8 Å². The van der Waals surface area contributed by atoms with Crippen LogP contribution in [0.3, 0.4) is 0 Å². The van der Waals surface area contributed by atoms with Gasteiger partial charge in [0.2, 0.25) is 0 Å². The molecule has 0 saturated carbocycles. The molecule has 17 heavy (non-hydrogen) atoms. The molecule has 0 aromatic heterocycles. The number of hydrogen-bond acceptors (Lipinski definition) is 1. The summed E-state index contributed by atoms with van der Waals surface area (Å²) >= 11 is 5.83. The zero-order valence-electron chi connectivity index (χ0n) is 10.3. The van der Waals surface area contributed by atoms with Gasteiger partial charge < -0.3 is 9.64 Å². The Morgan fingerprint density at radius 2 is 1.65 bits per heavy atom. The Labute approximate surface area is 109 Å². The van der Waals surface area contributed by atoms with Crippen molar-refractivity contribution < 1.29 is 9.64 Å². The minimum Gasteiger partial charge on any atom is -0.488 e. The van der Waals surface area contributed by atoms with Crippen LogP contribution >= 0.6 is 11.6 Å². The van der Waals surface area contributed by atoms with Crippen LogP contribution in [0.5, 0.6) is 5.75 Å². The van der Waals surface area contributed by atoms with Gasteiger partial charge in [-0.05, 0) is 49.9 Å². The molecule has 1 aliphatic heterocycles. The molecule has 0 radical (unpaired) electrons. The average Bonchev–Trinajstić information content (AvgIpc) is 2.60. The van der Waals surface area contributed by atoms with Crippen molar-refractivity contribution in [2.45, 2.75) is 25.7 Å². The van der Waals surface area contributed by atoms with Crippen LogP contribution in [0, 0.1) is 0 Å². The molecule has 94 valence electrons. The number of ether oxygens (including phenoxy) is 1. The zero-order valence-corrected chi connectivity index (χ0v) is 11.0. The van der Waals surface area contributed by atoms with E-state index in [1.807, 2.05) is 24.3 Å². The van der Waals surface area contributed by atoms with Gasteiger partial charge in [-0.2, -0.15) is 0 Å². The molecular formula is C14H21ClNO+. The maximum absolute atomic E-state index is 5.83. The number of nitrogens with one attached hydrogen (secondary N) is 1. The number of hydrogen-bond donors (Lipinski definition) is 1. The summed E-state index contributed by atoms with van der Waals surface area (Å²) in [6, 6.07) is 7.60. The van der Waals surface area contributed by atoms with Crippen LogP contribution in [0.15, 0.2) is 24.3 Å². The van der Waals surface area contributed by atoms with E-state index in [0.29, 0.717) is 0 Å². The summed E-state index contributed by atoms with van der Waals surface area (Å²) < 4.78 is 5.73. The molecule has 1 fully saturated rings. The fraction of sp³-hybridized carbons (Fsp3) is 0.571. The summed E-state index contributed by atoms with van der Waals surface area (Å²) in [4.78, 5) is 1.69. The lowest BCUT2D eigenvalue weighted by atomic mass is 10.2. The van der Waals surface area contributed by atoms with E-state index >= 15 is 0 Å². The first-order chi connectivity index (χ1) is 8.34. The molecule has 0 spiro atoms. The molecule has 1 N–H and O–H groups in total. The molecular weight excluding hydrogens is 234 g/mol. The van der Waals surface area contributed by atoms with Crippen molar-refractivity contribution in [3.63, 3.8) is 0 Å². The number of benzene rings is 1. The first-order valence-electron chi connectivity index (χ1n) is 6.56. The molecule has 2 rings (SSSR count). The highest BCUT2D eigenvalue weighted by Gasteiger charge is 2.11. The number of halogens is 1. The van der Waals surface area contributed by atoms with Gasteiger partial charge in [0.1, 0.15) is 18.9 Å². The molecule has 0 atom stereocenters. The van der Waals surface area contributed by atoms with Gasteiger partial charge in [0, 0.05) is 5.02 Å².